The predicted octanol–water partition coefficient (Wildman–Crippen LogP) is 4.84. The zero-order chi connectivity index (χ0) is 24.8. The van der Waals surface area contributed by atoms with E-state index < -0.39 is 18.0 Å². The highest BCUT2D eigenvalue weighted by atomic mass is 16.5. The number of aliphatic carboxylic acids is 1. The topological polar surface area (TPSA) is 105 Å². The van der Waals surface area contributed by atoms with Crippen molar-refractivity contribution >= 4 is 18.0 Å². The van der Waals surface area contributed by atoms with Crippen LogP contribution in [0.2, 0.25) is 0 Å². The molecule has 2 aromatic carbocycles. The second-order valence-corrected chi connectivity index (χ2v) is 9.63. The summed E-state index contributed by atoms with van der Waals surface area (Å²) in [7, 11) is 0. The van der Waals surface area contributed by atoms with Crippen molar-refractivity contribution in [3.63, 3.8) is 0 Å². The molecule has 2 aromatic rings. The SMILES string of the molecule is CCCC(CC(=O)NC1CCCC(C(=O)O)C1)NC(=O)OCC1c2ccccc2-c2ccccc21. The van der Waals surface area contributed by atoms with Crippen LogP contribution in [0, 0.1) is 5.92 Å². The van der Waals surface area contributed by atoms with E-state index in [0.717, 1.165) is 30.4 Å². The van der Waals surface area contributed by atoms with E-state index in [1.54, 1.807) is 0 Å². The molecule has 0 aromatic heterocycles. The van der Waals surface area contributed by atoms with Crippen LogP contribution >= 0.6 is 0 Å². The molecule has 7 heteroatoms. The van der Waals surface area contributed by atoms with Crippen molar-refractivity contribution in [2.75, 3.05) is 6.61 Å². The van der Waals surface area contributed by atoms with Gasteiger partial charge in [-0.1, -0.05) is 68.3 Å². The molecule has 1 saturated carbocycles. The van der Waals surface area contributed by atoms with Gasteiger partial charge in [0, 0.05) is 24.4 Å². The molecule has 4 rings (SSSR count). The Kier molecular flexibility index (Phi) is 8.06. The molecular weight excluding hydrogens is 444 g/mol. The monoisotopic (exact) mass is 478 g/mol. The van der Waals surface area contributed by atoms with E-state index in [0.29, 0.717) is 19.3 Å². The second kappa shape index (κ2) is 11.4. The third kappa shape index (κ3) is 6.02. The highest BCUT2D eigenvalue weighted by Crippen LogP contribution is 2.44. The first-order valence-corrected chi connectivity index (χ1v) is 12.6. The number of ether oxygens (including phenoxy) is 1. The first kappa shape index (κ1) is 24.8. The van der Waals surface area contributed by atoms with Crippen LogP contribution in [0.15, 0.2) is 48.5 Å². The molecule has 186 valence electrons. The highest BCUT2D eigenvalue weighted by molar-refractivity contribution is 5.80. The van der Waals surface area contributed by atoms with Crippen LogP contribution in [0.25, 0.3) is 11.1 Å². The lowest BCUT2D eigenvalue weighted by Crippen LogP contribution is -2.44. The minimum atomic E-state index is -0.801. The molecule has 3 atom stereocenters. The summed E-state index contributed by atoms with van der Waals surface area (Å²) in [6.45, 7) is 2.23. The Hall–Kier alpha value is -3.35. The van der Waals surface area contributed by atoms with Crippen LogP contribution in [-0.4, -0.2) is 41.8 Å². The number of carboxylic acid groups (broad SMARTS) is 1. The van der Waals surface area contributed by atoms with Gasteiger partial charge < -0.3 is 20.5 Å². The maximum atomic E-state index is 12.7. The van der Waals surface area contributed by atoms with Gasteiger partial charge >= 0.3 is 12.1 Å². The predicted molar refractivity (Wildman–Crippen MR) is 133 cm³/mol. The zero-order valence-electron chi connectivity index (χ0n) is 20.2. The number of fused-ring (bicyclic) bond motifs is 3. The molecular formula is C28H34N2O5. The summed E-state index contributed by atoms with van der Waals surface area (Å²) in [5, 5.41) is 15.1. The van der Waals surface area contributed by atoms with Gasteiger partial charge in [-0.3, -0.25) is 9.59 Å². The Morgan fingerprint density at radius 1 is 1.03 bits per heavy atom. The molecule has 35 heavy (non-hydrogen) atoms. The van der Waals surface area contributed by atoms with Gasteiger partial charge in [-0.15, -0.1) is 0 Å². The van der Waals surface area contributed by atoms with Gasteiger partial charge in [0.2, 0.25) is 5.91 Å². The smallest absolute Gasteiger partial charge is 0.407 e. The van der Waals surface area contributed by atoms with Crippen LogP contribution in [0.3, 0.4) is 0 Å². The lowest BCUT2D eigenvalue weighted by Gasteiger charge is -2.28. The van der Waals surface area contributed by atoms with Crippen LogP contribution in [0.4, 0.5) is 4.79 Å². The van der Waals surface area contributed by atoms with Crippen LogP contribution in [0.5, 0.6) is 0 Å². The lowest BCUT2D eigenvalue weighted by molar-refractivity contribution is -0.143. The molecule has 0 heterocycles. The van der Waals surface area contributed by atoms with E-state index in [1.165, 1.54) is 11.1 Å². The Morgan fingerprint density at radius 2 is 1.69 bits per heavy atom. The minimum absolute atomic E-state index is 0.0189. The first-order chi connectivity index (χ1) is 17.0. The van der Waals surface area contributed by atoms with Gasteiger partial charge in [0.1, 0.15) is 6.61 Å². The number of nitrogens with one attached hydrogen (secondary N) is 2. The van der Waals surface area contributed by atoms with Crippen molar-refractivity contribution in [2.45, 2.75) is 69.9 Å². The third-order valence-electron chi connectivity index (χ3n) is 7.12. The third-order valence-corrected chi connectivity index (χ3v) is 7.12. The summed E-state index contributed by atoms with van der Waals surface area (Å²) in [5.74, 6) is -1.39. The molecule has 0 saturated heterocycles. The normalized spacial score (nSPS) is 19.8. The molecule has 2 aliphatic carbocycles. The molecule has 1 fully saturated rings. The molecule has 7 nitrogen and oxygen atoms in total. The standard InChI is InChI=1S/C28H34N2O5/c1-2-8-19(16-26(31)29-20-10-7-9-18(15-20)27(32)33)30-28(34)35-17-25-23-13-5-3-11-21(23)22-12-4-6-14-24(22)25/h3-6,11-14,18-20,25H,2,7-10,15-17H2,1H3,(H,29,31)(H,30,34)(H,32,33). The molecule has 0 bridgehead atoms. The number of alkyl carbamates (subject to hydrolysis) is 1. The molecule has 0 aliphatic heterocycles. The molecule has 0 radical (unpaired) electrons. The van der Waals surface area contributed by atoms with E-state index in [9.17, 15) is 19.5 Å². The fourth-order valence-corrected chi connectivity index (χ4v) is 5.44. The Labute approximate surface area is 206 Å². The van der Waals surface area contributed by atoms with Gasteiger partial charge in [-0.2, -0.15) is 0 Å². The summed E-state index contributed by atoms with van der Waals surface area (Å²) >= 11 is 0. The maximum absolute atomic E-state index is 12.7. The van der Waals surface area contributed by atoms with Crippen molar-refractivity contribution in [2.24, 2.45) is 5.92 Å². The first-order valence-electron chi connectivity index (χ1n) is 12.6. The van der Waals surface area contributed by atoms with Crippen molar-refractivity contribution in [3.8, 4) is 11.1 Å². The summed E-state index contributed by atoms with van der Waals surface area (Å²) < 4.78 is 5.64. The minimum Gasteiger partial charge on any atom is -0.481 e. The number of carbonyl (C=O) groups excluding carboxylic acids is 2. The van der Waals surface area contributed by atoms with Crippen LogP contribution < -0.4 is 10.6 Å². The van der Waals surface area contributed by atoms with Gasteiger partial charge in [0.15, 0.2) is 0 Å². The number of hydrogen-bond donors (Lipinski definition) is 3. The quantitative estimate of drug-likeness (QED) is 0.478. The lowest BCUT2D eigenvalue weighted by atomic mass is 9.85. The van der Waals surface area contributed by atoms with Gasteiger partial charge in [-0.05, 0) is 47.9 Å². The number of hydrogen-bond acceptors (Lipinski definition) is 4. The van der Waals surface area contributed by atoms with E-state index in [1.807, 2.05) is 31.2 Å². The fraction of sp³-hybridized carbons (Fsp3) is 0.464. The van der Waals surface area contributed by atoms with Crippen LogP contribution in [-0.2, 0) is 14.3 Å². The summed E-state index contributed by atoms with van der Waals surface area (Å²) in [5.41, 5.74) is 4.65. The number of benzene rings is 2. The van der Waals surface area contributed by atoms with Gasteiger partial charge in [0.25, 0.3) is 0 Å². The molecule has 3 unspecified atom stereocenters. The molecule has 2 aliphatic rings. The van der Waals surface area contributed by atoms with E-state index in [4.69, 9.17) is 4.74 Å². The summed E-state index contributed by atoms with van der Waals surface area (Å²) in [4.78, 5) is 36.6. The molecule has 0 spiro atoms. The van der Waals surface area contributed by atoms with Crippen LogP contribution in [0.1, 0.15) is 68.9 Å². The van der Waals surface area contributed by atoms with E-state index in [2.05, 4.69) is 34.9 Å². The molecule has 2 amide bonds. The van der Waals surface area contributed by atoms with Crippen molar-refractivity contribution in [3.05, 3.63) is 59.7 Å². The summed E-state index contributed by atoms with van der Waals surface area (Å²) in [6, 6.07) is 15.9. The Bertz CT molecular complexity index is 1020. The number of rotatable bonds is 9. The van der Waals surface area contributed by atoms with Gasteiger partial charge in [-0.25, -0.2) is 4.79 Å². The van der Waals surface area contributed by atoms with Crippen molar-refractivity contribution in [1.82, 2.24) is 10.6 Å². The highest BCUT2D eigenvalue weighted by Gasteiger charge is 2.30. The Morgan fingerprint density at radius 3 is 2.31 bits per heavy atom. The average molecular weight is 479 g/mol. The zero-order valence-corrected chi connectivity index (χ0v) is 20.2. The average Bonchev–Trinajstić information content (AvgIpc) is 3.16. The van der Waals surface area contributed by atoms with E-state index in [-0.39, 0.29) is 36.9 Å². The van der Waals surface area contributed by atoms with Gasteiger partial charge in [0.05, 0.1) is 5.92 Å². The van der Waals surface area contributed by atoms with E-state index >= 15 is 0 Å². The summed E-state index contributed by atoms with van der Waals surface area (Å²) in [6.07, 6.45) is 3.77. The number of carboxylic acids is 1. The largest absolute Gasteiger partial charge is 0.481 e. The van der Waals surface area contributed by atoms with Crippen molar-refractivity contribution in [1.29, 1.82) is 0 Å². The molecule has 3 N–H and O–H groups in total. The van der Waals surface area contributed by atoms with Crippen molar-refractivity contribution < 1.29 is 24.2 Å². The maximum Gasteiger partial charge on any atom is 0.407 e. The number of carbonyl (C=O) groups is 3. The number of amides is 2. The second-order valence-electron chi connectivity index (χ2n) is 9.63. The fourth-order valence-electron chi connectivity index (χ4n) is 5.44. The Balaban J connectivity index is 1.31.